The first-order chi connectivity index (χ1) is 12.2. The first-order valence-corrected chi connectivity index (χ1v) is 9.81. The summed E-state index contributed by atoms with van der Waals surface area (Å²) in [6.07, 6.45) is 10.3. The lowest BCUT2D eigenvalue weighted by molar-refractivity contribution is -0.124. The Morgan fingerprint density at radius 1 is 1.20 bits per heavy atom. The third-order valence-corrected chi connectivity index (χ3v) is 5.57. The van der Waals surface area contributed by atoms with Crippen LogP contribution in [0, 0.1) is 5.92 Å². The third kappa shape index (κ3) is 4.41. The SMILES string of the molecule is CCn1ccc(C(=O)N2CCCC[C@H]2CCNC(=O)C2CCCC2)n1. The second kappa shape index (κ2) is 8.50. The number of likely N-dealkylation sites (tertiary alicyclic amines) is 1. The fraction of sp³-hybridized carbons (Fsp3) is 0.737. The summed E-state index contributed by atoms with van der Waals surface area (Å²) in [5, 5.41) is 7.44. The monoisotopic (exact) mass is 346 g/mol. The second-order valence-electron chi connectivity index (χ2n) is 7.27. The van der Waals surface area contributed by atoms with Crippen molar-refractivity contribution in [3.8, 4) is 0 Å². The van der Waals surface area contributed by atoms with Crippen molar-refractivity contribution in [3.05, 3.63) is 18.0 Å². The average molecular weight is 346 g/mol. The molecule has 0 unspecified atom stereocenters. The Morgan fingerprint density at radius 3 is 2.68 bits per heavy atom. The highest BCUT2D eigenvalue weighted by molar-refractivity contribution is 5.92. The number of hydrogen-bond donors (Lipinski definition) is 1. The van der Waals surface area contributed by atoms with Gasteiger partial charge < -0.3 is 10.2 Å². The molecule has 0 bridgehead atoms. The number of aryl methyl sites for hydroxylation is 1. The number of carbonyl (C=O) groups is 2. The summed E-state index contributed by atoms with van der Waals surface area (Å²) in [6, 6.07) is 2.01. The van der Waals surface area contributed by atoms with E-state index >= 15 is 0 Å². The number of aromatic nitrogens is 2. The van der Waals surface area contributed by atoms with Gasteiger partial charge in [-0.3, -0.25) is 14.3 Å². The third-order valence-electron chi connectivity index (χ3n) is 5.57. The van der Waals surface area contributed by atoms with Gasteiger partial charge in [0.2, 0.25) is 5.91 Å². The molecule has 2 aliphatic rings. The first-order valence-electron chi connectivity index (χ1n) is 9.81. The summed E-state index contributed by atoms with van der Waals surface area (Å²) in [7, 11) is 0. The van der Waals surface area contributed by atoms with Crippen LogP contribution in [-0.2, 0) is 11.3 Å². The van der Waals surface area contributed by atoms with E-state index in [9.17, 15) is 9.59 Å². The standard InChI is InChI=1S/C19H30N4O2/c1-2-22-14-11-17(21-22)19(25)23-13-6-5-9-16(23)10-12-20-18(24)15-7-3-4-8-15/h11,14-16H,2-10,12-13H2,1H3,(H,20,24)/t16-/m0/s1. The highest BCUT2D eigenvalue weighted by atomic mass is 16.2. The van der Waals surface area contributed by atoms with E-state index in [1.165, 1.54) is 12.8 Å². The molecule has 2 amide bonds. The molecule has 1 saturated carbocycles. The smallest absolute Gasteiger partial charge is 0.274 e. The number of rotatable bonds is 6. The molecule has 1 aromatic rings. The summed E-state index contributed by atoms with van der Waals surface area (Å²) < 4.78 is 1.79. The van der Waals surface area contributed by atoms with E-state index in [-0.39, 0.29) is 23.8 Å². The predicted molar refractivity (Wildman–Crippen MR) is 96.2 cm³/mol. The Kier molecular flexibility index (Phi) is 6.10. The van der Waals surface area contributed by atoms with Crippen LogP contribution >= 0.6 is 0 Å². The molecule has 1 aliphatic heterocycles. The van der Waals surface area contributed by atoms with E-state index in [1.54, 1.807) is 10.7 Å². The number of carbonyl (C=O) groups excluding carboxylic acids is 2. The van der Waals surface area contributed by atoms with E-state index in [0.29, 0.717) is 12.2 Å². The fourth-order valence-electron chi connectivity index (χ4n) is 4.06. The number of nitrogens with one attached hydrogen (secondary N) is 1. The summed E-state index contributed by atoms with van der Waals surface area (Å²) in [6.45, 7) is 4.23. The van der Waals surface area contributed by atoms with Crippen molar-refractivity contribution in [2.24, 2.45) is 5.92 Å². The summed E-state index contributed by atoms with van der Waals surface area (Å²) in [5.74, 6) is 0.439. The van der Waals surface area contributed by atoms with E-state index in [4.69, 9.17) is 0 Å². The summed E-state index contributed by atoms with van der Waals surface area (Å²) >= 11 is 0. The minimum absolute atomic E-state index is 0.0269. The lowest BCUT2D eigenvalue weighted by Crippen LogP contribution is -2.45. The van der Waals surface area contributed by atoms with Crippen LogP contribution in [0.3, 0.4) is 0 Å². The number of nitrogens with zero attached hydrogens (tertiary/aromatic N) is 3. The van der Waals surface area contributed by atoms with Gasteiger partial charge in [0.15, 0.2) is 0 Å². The largest absolute Gasteiger partial charge is 0.356 e. The number of amides is 2. The lowest BCUT2D eigenvalue weighted by atomic mass is 9.98. The zero-order valence-electron chi connectivity index (χ0n) is 15.2. The quantitative estimate of drug-likeness (QED) is 0.861. The molecule has 0 spiro atoms. The van der Waals surface area contributed by atoms with Crippen LogP contribution < -0.4 is 5.32 Å². The van der Waals surface area contributed by atoms with Gasteiger partial charge in [0.05, 0.1) is 0 Å². The number of hydrogen-bond acceptors (Lipinski definition) is 3. The highest BCUT2D eigenvalue weighted by Gasteiger charge is 2.29. The molecule has 25 heavy (non-hydrogen) atoms. The molecule has 1 saturated heterocycles. The summed E-state index contributed by atoms with van der Waals surface area (Å²) in [4.78, 5) is 26.9. The van der Waals surface area contributed by atoms with Crippen molar-refractivity contribution in [2.45, 2.75) is 70.9 Å². The molecule has 1 aromatic heterocycles. The maximum atomic E-state index is 12.8. The van der Waals surface area contributed by atoms with Gasteiger partial charge in [-0.15, -0.1) is 0 Å². The van der Waals surface area contributed by atoms with Crippen LogP contribution in [0.15, 0.2) is 12.3 Å². The Balaban J connectivity index is 1.53. The Bertz CT molecular complexity index is 592. The molecule has 6 nitrogen and oxygen atoms in total. The van der Waals surface area contributed by atoms with Gasteiger partial charge >= 0.3 is 0 Å². The van der Waals surface area contributed by atoms with Gasteiger partial charge in [-0.05, 0) is 51.5 Å². The van der Waals surface area contributed by atoms with E-state index in [1.807, 2.05) is 18.0 Å². The van der Waals surface area contributed by atoms with Gasteiger partial charge in [0, 0.05) is 37.8 Å². The van der Waals surface area contributed by atoms with Crippen molar-refractivity contribution < 1.29 is 9.59 Å². The second-order valence-corrected chi connectivity index (χ2v) is 7.27. The zero-order valence-corrected chi connectivity index (χ0v) is 15.2. The Morgan fingerprint density at radius 2 is 1.96 bits per heavy atom. The molecule has 0 aromatic carbocycles. The zero-order chi connectivity index (χ0) is 17.6. The first kappa shape index (κ1) is 18.0. The van der Waals surface area contributed by atoms with Crippen LogP contribution in [-0.4, -0.2) is 45.6 Å². The topological polar surface area (TPSA) is 67.2 Å². The van der Waals surface area contributed by atoms with Gasteiger partial charge in [0.25, 0.3) is 5.91 Å². The molecular formula is C19H30N4O2. The normalized spacial score (nSPS) is 21.5. The van der Waals surface area contributed by atoms with Crippen molar-refractivity contribution in [2.75, 3.05) is 13.1 Å². The number of piperidine rings is 1. The van der Waals surface area contributed by atoms with Crippen molar-refractivity contribution in [3.63, 3.8) is 0 Å². The molecule has 1 N–H and O–H groups in total. The fourth-order valence-corrected chi connectivity index (χ4v) is 4.06. The summed E-state index contributed by atoms with van der Waals surface area (Å²) in [5.41, 5.74) is 0.531. The molecule has 3 rings (SSSR count). The van der Waals surface area contributed by atoms with Crippen molar-refractivity contribution in [1.82, 2.24) is 20.0 Å². The van der Waals surface area contributed by atoms with Gasteiger partial charge in [-0.2, -0.15) is 5.10 Å². The van der Waals surface area contributed by atoms with Gasteiger partial charge in [-0.1, -0.05) is 12.8 Å². The van der Waals surface area contributed by atoms with E-state index < -0.39 is 0 Å². The van der Waals surface area contributed by atoms with Gasteiger partial charge in [0.1, 0.15) is 5.69 Å². The average Bonchev–Trinajstić information content (AvgIpc) is 3.33. The lowest BCUT2D eigenvalue weighted by Gasteiger charge is -2.35. The maximum Gasteiger partial charge on any atom is 0.274 e. The molecule has 2 fully saturated rings. The maximum absolute atomic E-state index is 12.8. The molecule has 1 atom stereocenters. The van der Waals surface area contributed by atoms with Crippen molar-refractivity contribution >= 4 is 11.8 Å². The molecule has 0 radical (unpaired) electrons. The minimum atomic E-state index is 0.0269. The van der Waals surface area contributed by atoms with Crippen LogP contribution in [0.5, 0.6) is 0 Å². The Hall–Kier alpha value is -1.85. The van der Waals surface area contributed by atoms with E-state index in [0.717, 1.165) is 51.6 Å². The van der Waals surface area contributed by atoms with Crippen LogP contribution in [0.2, 0.25) is 0 Å². The minimum Gasteiger partial charge on any atom is -0.356 e. The predicted octanol–water partition coefficient (Wildman–Crippen LogP) is 2.59. The van der Waals surface area contributed by atoms with E-state index in [2.05, 4.69) is 10.4 Å². The molecule has 1 aliphatic carbocycles. The molecule has 6 heteroatoms. The Labute approximate surface area is 149 Å². The highest BCUT2D eigenvalue weighted by Crippen LogP contribution is 2.25. The van der Waals surface area contributed by atoms with Gasteiger partial charge in [-0.25, -0.2) is 0 Å². The van der Waals surface area contributed by atoms with Crippen LogP contribution in [0.1, 0.15) is 68.8 Å². The van der Waals surface area contributed by atoms with Crippen LogP contribution in [0.4, 0.5) is 0 Å². The van der Waals surface area contributed by atoms with Crippen molar-refractivity contribution in [1.29, 1.82) is 0 Å². The van der Waals surface area contributed by atoms with Crippen LogP contribution in [0.25, 0.3) is 0 Å². The molecular weight excluding hydrogens is 316 g/mol. The molecule has 2 heterocycles. The molecule has 138 valence electrons.